The third-order valence-electron chi connectivity index (χ3n) is 5.21. The van der Waals surface area contributed by atoms with Crippen LogP contribution >= 0.6 is 0 Å². The highest BCUT2D eigenvalue weighted by Gasteiger charge is 2.42. The highest BCUT2D eigenvalue weighted by atomic mass is 16.3. The predicted octanol–water partition coefficient (Wildman–Crippen LogP) is 2.95. The Balaban J connectivity index is 1.48. The van der Waals surface area contributed by atoms with Gasteiger partial charge in [0.05, 0.1) is 12.1 Å². The van der Waals surface area contributed by atoms with Crippen molar-refractivity contribution < 1.29 is 9.52 Å². The van der Waals surface area contributed by atoms with E-state index in [4.69, 9.17) is 4.42 Å². The summed E-state index contributed by atoms with van der Waals surface area (Å²) in [6.07, 6.45) is 5.45. The molecular formula is C17H22N2O2. The average molecular weight is 286 g/mol. The second-order valence-corrected chi connectivity index (χ2v) is 6.61. The Morgan fingerprint density at radius 1 is 1.29 bits per heavy atom. The minimum absolute atomic E-state index is 0.407. The van der Waals surface area contributed by atoms with Crippen LogP contribution in [0, 0.1) is 5.92 Å². The molecule has 4 heteroatoms. The summed E-state index contributed by atoms with van der Waals surface area (Å²) in [6, 6.07) is 7.90. The van der Waals surface area contributed by atoms with Crippen molar-refractivity contribution in [2.45, 2.75) is 44.2 Å². The lowest BCUT2D eigenvalue weighted by molar-refractivity contribution is -0.0977. The summed E-state index contributed by atoms with van der Waals surface area (Å²) in [5, 5.41) is 10.7. The van der Waals surface area contributed by atoms with E-state index < -0.39 is 5.60 Å². The zero-order chi connectivity index (χ0) is 14.3. The van der Waals surface area contributed by atoms with Crippen molar-refractivity contribution in [1.29, 1.82) is 0 Å². The maximum atomic E-state index is 10.7. The molecular weight excluding hydrogens is 264 g/mol. The Morgan fingerprint density at radius 2 is 2.19 bits per heavy atom. The summed E-state index contributed by atoms with van der Waals surface area (Å²) in [6.45, 7) is 2.65. The molecule has 0 amide bonds. The lowest BCUT2D eigenvalue weighted by Gasteiger charge is -2.47. The van der Waals surface area contributed by atoms with E-state index in [-0.39, 0.29) is 0 Å². The van der Waals surface area contributed by atoms with Gasteiger partial charge < -0.3 is 9.52 Å². The van der Waals surface area contributed by atoms with Crippen LogP contribution in [0.3, 0.4) is 0 Å². The number of hydrogen-bond donors (Lipinski definition) is 1. The Labute approximate surface area is 124 Å². The molecule has 1 aromatic heterocycles. The lowest BCUT2D eigenvalue weighted by atomic mass is 9.71. The van der Waals surface area contributed by atoms with E-state index >= 15 is 0 Å². The summed E-state index contributed by atoms with van der Waals surface area (Å²) in [5.41, 5.74) is 1.38. The molecule has 1 saturated carbocycles. The van der Waals surface area contributed by atoms with Gasteiger partial charge in [-0.15, -0.1) is 0 Å². The fourth-order valence-corrected chi connectivity index (χ4v) is 3.96. The first kappa shape index (κ1) is 13.3. The van der Waals surface area contributed by atoms with Gasteiger partial charge >= 0.3 is 0 Å². The molecule has 2 aliphatic rings. The van der Waals surface area contributed by atoms with Gasteiger partial charge in [-0.25, -0.2) is 4.98 Å². The van der Waals surface area contributed by atoms with Crippen LogP contribution in [-0.2, 0) is 6.54 Å². The maximum Gasteiger partial charge on any atom is 0.209 e. The summed E-state index contributed by atoms with van der Waals surface area (Å²) in [7, 11) is 0. The molecule has 112 valence electrons. The zero-order valence-corrected chi connectivity index (χ0v) is 12.3. The van der Waals surface area contributed by atoms with E-state index in [2.05, 4.69) is 9.88 Å². The van der Waals surface area contributed by atoms with Crippen molar-refractivity contribution in [2.24, 2.45) is 5.92 Å². The summed E-state index contributed by atoms with van der Waals surface area (Å²) < 4.78 is 5.82. The van der Waals surface area contributed by atoms with Crippen LogP contribution in [0.15, 0.2) is 28.7 Å². The molecule has 0 radical (unpaired) electrons. The highest BCUT2D eigenvalue weighted by molar-refractivity contribution is 5.72. The molecule has 0 bridgehead atoms. The van der Waals surface area contributed by atoms with E-state index in [0.29, 0.717) is 5.92 Å². The first-order valence-corrected chi connectivity index (χ1v) is 8.02. The number of aromatic nitrogens is 1. The third-order valence-corrected chi connectivity index (χ3v) is 5.21. The number of likely N-dealkylation sites (tertiary alicyclic amines) is 1. The second kappa shape index (κ2) is 5.11. The molecule has 2 heterocycles. The fraction of sp³-hybridized carbons (Fsp3) is 0.588. The van der Waals surface area contributed by atoms with Crippen LogP contribution < -0.4 is 0 Å². The molecule has 1 aliphatic carbocycles. The minimum atomic E-state index is -0.407. The van der Waals surface area contributed by atoms with Crippen molar-refractivity contribution in [3.8, 4) is 0 Å². The maximum absolute atomic E-state index is 10.7. The number of para-hydroxylation sites is 2. The molecule has 4 rings (SSSR count). The lowest BCUT2D eigenvalue weighted by Crippen LogP contribution is -2.52. The smallest absolute Gasteiger partial charge is 0.209 e. The van der Waals surface area contributed by atoms with Gasteiger partial charge in [-0.1, -0.05) is 25.0 Å². The molecule has 2 aromatic rings. The van der Waals surface area contributed by atoms with Crippen molar-refractivity contribution in [3.63, 3.8) is 0 Å². The van der Waals surface area contributed by atoms with E-state index in [9.17, 15) is 5.11 Å². The highest BCUT2D eigenvalue weighted by Crippen LogP contribution is 2.40. The molecule has 1 N–H and O–H groups in total. The number of piperidine rings is 1. The van der Waals surface area contributed by atoms with Crippen LogP contribution in [0.4, 0.5) is 0 Å². The monoisotopic (exact) mass is 286 g/mol. The SMILES string of the molecule is OC12CCCCC1CN(Cc1nc3ccccc3o1)CC2. The number of oxazole rings is 1. The standard InChI is InChI=1S/C17H22N2O2/c20-17-8-4-3-5-13(17)11-19(10-9-17)12-16-18-14-6-1-2-7-15(14)21-16/h1-2,6-7,13,20H,3-5,8-12H2. The second-order valence-electron chi connectivity index (χ2n) is 6.61. The van der Waals surface area contributed by atoms with E-state index in [1.165, 1.54) is 12.8 Å². The molecule has 2 atom stereocenters. The molecule has 2 unspecified atom stereocenters. The number of hydrogen-bond acceptors (Lipinski definition) is 4. The van der Waals surface area contributed by atoms with Crippen LogP contribution in [0.1, 0.15) is 38.0 Å². The zero-order valence-electron chi connectivity index (χ0n) is 12.3. The van der Waals surface area contributed by atoms with Crippen molar-refractivity contribution in [2.75, 3.05) is 13.1 Å². The van der Waals surface area contributed by atoms with Crippen molar-refractivity contribution in [3.05, 3.63) is 30.2 Å². The largest absolute Gasteiger partial charge is 0.439 e. The van der Waals surface area contributed by atoms with Gasteiger partial charge in [0.2, 0.25) is 5.89 Å². The van der Waals surface area contributed by atoms with Crippen LogP contribution in [0.25, 0.3) is 11.1 Å². The molecule has 0 spiro atoms. The molecule has 2 fully saturated rings. The summed E-state index contributed by atoms with van der Waals surface area (Å²) >= 11 is 0. The van der Waals surface area contributed by atoms with E-state index in [0.717, 1.165) is 55.9 Å². The van der Waals surface area contributed by atoms with Crippen LogP contribution in [-0.4, -0.2) is 33.7 Å². The van der Waals surface area contributed by atoms with E-state index in [1.54, 1.807) is 0 Å². The van der Waals surface area contributed by atoms with Gasteiger partial charge in [0.1, 0.15) is 5.52 Å². The van der Waals surface area contributed by atoms with Gasteiger partial charge in [0.15, 0.2) is 5.58 Å². The Kier molecular flexibility index (Phi) is 3.23. The first-order valence-electron chi connectivity index (χ1n) is 8.02. The van der Waals surface area contributed by atoms with Gasteiger partial charge in [0.25, 0.3) is 0 Å². The third kappa shape index (κ3) is 2.47. The Morgan fingerprint density at radius 3 is 3.10 bits per heavy atom. The Hall–Kier alpha value is -1.39. The van der Waals surface area contributed by atoms with Crippen molar-refractivity contribution >= 4 is 11.1 Å². The number of benzene rings is 1. The summed E-state index contributed by atoms with van der Waals surface area (Å²) in [4.78, 5) is 6.94. The molecule has 1 saturated heterocycles. The number of fused-ring (bicyclic) bond motifs is 2. The van der Waals surface area contributed by atoms with Crippen LogP contribution in [0.5, 0.6) is 0 Å². The topological polar surface area (TPSA) is 49.5 Å². The summed E-state index contributed by atoms with van der Waals surface area (Å²) in [5.74, 6) is 1.21. The van der Waals surface area contributed by atoms with E-state index in [1.807, 2.05) is 24.3 Å². The Bertz CT molecular complexity index is 606. The molecule has 21 heavy (non-hydrogen) atoms. The van der Waals surface area contributed by atoms with Gasteiger partial charge in [-0.05, 0) is 31.4 Å². The van der Waals surface area contributed by atoms with Gasteiger partial charge in [-0.3, -0.25) is 4.90 Å². The molecule has 1 aromatic carbocycles. The van der Waals surface area contributed by atoms with Crippen molar-refractivity contribution in [1.82, 2.24) is 9.88 Å². The first-order chi connectivity index (χ1) is 10.2. The predicted molar refractivity (Wildman–Crippen MR) is 80.8 cm³/mol. The van der Waals surface area contributed by atoms with Crippen LogP contribution in [0.2, 0.25) is 0 Å². The number of rotatable bonds is 2. The van der Waals surface area contributed by atoms with Gasteiger partial charge in [-0.2, -0.15) is 0 Å². The quantitative estimate of drug-likeness (QED) is 0.922. The van der Waals surface area contributed by atoms with Gasteiger partial charge in [0, 0.05) is 19.0 Å². The number of aliphatic hydroxyl groups is 1. The minimum Gasteiger partial charge on any atom is -0.439 e. The molecule has 1 aliphatic heterocycles. The fourth-order valence-electron chi connectivity index (χ4n) is 3.96. The molecule has 4 nitrogen and oxygen atoms in total. The normalized spacial score (nSPS) is 30.4. The number of nitrogens with zero attached hydrogens (tertiary/aromatic N) is 2. The average Bonchev–Trinajstić information content (AvgIpc) is 2.89.